The van der Waals surface area contributed by atoms with Crippen molar-refractivity contribution < 1.29 is 8.94 Å². The third-order valence-corrected chi connectivity index (χ3v) is 4.10. The molecule has 23 heavy (non-hydrogen) atoms. The van der Waals surface area contributed by atoms with E-state index in [1.54, 1.807) is 6.26 Å². The Bertz CT molecular complexity index is 588. The molecule has 0 unspecified atom stereocenters. The highest BCUT2D eigenvalue weighted by molar-refractivity contribution is 7.98. The van der Waals surface area contributed by atoms with E-state index in [-0.39, 0.29) is 0 Å². The SMILES string of the molecule is CSCCCNC(=NCc1c(C)noc1C)NCc1ccco1. The second-order valence-electron chi connectivity index (χ2n) is 5.17. The van der Waals surface area contributed by atoms with Gasteiger partial charge in [0.25, 0.3) is 0 Å². The second-order valence-corrected chi connectivity index (χ2v) is 6.16. The summed E-state index contributed by atoms with van der Waals surface area (Å²) in [7, 11) is 0. The van der Waals surface area contributed by atoms with E-state index in [4.69, 9.17) is 8.94 Å². The molecule has 2 heterocycles. The third-order valence-electron chi connectivity index (χ3n) is 3.40. The number of hydrogen-bond acceptors (Lipinski definition) is 5. The van der Waals surface area contributed by atoms with Crippen LogP contribution in [0.5, 0.6) is 0 Å². The van der Waals surface area contributed by atoms with Gasteiger partial charge in [-0.15, -0.1) is 0 Å². The van der Waals surface area contributed by atoms with Crippen molar-refractivity contribution in [3.8, 4) is 0 Å². The first-order valence-electron chi connectivity index (χ1n) is 7.66. The van der Waals surface area contributed by atoms with Crippen molar-refractivity contribution >= 4 is 17.7 Å². The predicted octanol–water partition coefficient (Wildman–Crippen LogP) is 2.87. The number of hydrogen-bond donors (Lipinski definition) is 2. The van der Waals surface area contributed by atoms with Crippen LogP contribution < -0.4 is 10.6 Å². The van der Waals surface area contributed by atoms with Gasteiger partial charge in [-0.25, -0.2) is 4.99 Å². The van der Waals surface area contributed by atoms with Crippen molar-refractivity contribution in [3.63, 3.8) is 0 Å². The lowest BCUT2D eigenvalue weighted by atomic mass is 10.2. The molecule has 0 aliphatic heterocycles. The summed E-state index contributed by atoms with van der Waals surface area (Å²) < 4.78 is 10.5. The van der Waals surface area contributed by atoms with Gasteiger partial charge in [-0.3, -0.25) is 0 Å². The molecule has 2 N–H and O–H groups in total. The van der Waals surface area contributed by atoms with Gasteiger partial charge in [0.15, 0.2) is 5.96 Å². The molecule has 0 fully saturated rings. The summed E-state index contributed by atoms with van der Waals surface area (Å²) in [6, 6.07) is 3.82. The number of guanidine groups is 1. The van der Waals surface area contributed by atoms with Crippen molar-refractivity contribution in [3.05, 3.63) is 41.2 Å². The minimum atomic E-state index is 0.539. The van der Waals surface area contributed by atoms with Gasteiger partial charge >= 0.3 is 0 Å². The van der Waals surface area contributed by atoms with Gasteiger partial charge < -0.3 is 19.6 Å². The number of furan rings is 1. The Morgan fingerprint density at radius 3 is 2.87 bits per heavy atom. The molecule has 0 amide bonds. The molecule has 7 heteroatoms. The molecule has 0 aliphatic carbocycles. The van der Waals surface area contributed by atoms with E-state index in [0.29, 0.717) is 13.1 Å². The maximum absolute atomic E-state index is 5.34. The van der Waals surface area contributed by atoms with E-state index in [1.165, 1.54) is 0 Å². The fraction of sp³-hybridized carbons (Fsp3) is 0.500. The van der Waals surface area contributed by atoms with E-state index < -0.39 is 0 Å². The van der Waals surface area contributed by atoms with E-state index in [1.807, 2.05) is 37.7 Å². The normalized spacial score (nSPS) is 11.7. The molecular weight excluding hydrogens is 312 g/mol. The van der Waals surface area contributed by atoms with E-state index >= 15 is 0 Å². The molecule has 0 saturated carbocycles. The first kappa shape index (κ1) is 17.5. The number of nitrogens with one attached hydrogen (secondary N) is 2. The average Bonchev–Trinajstić information content (AvgIpc) is 3.17. The highest BCUT2D eigenvalue weighted by Gasteiger charge is 2.09. The summed E-state index contributed by atoms with van der Waals surface area (Å²) in [5.74, 6) is 3.59. The van der Waals surface area contributed by atoms with Gasteiger partial charge in [0.2, 0.25) is 0 Å². The molecule has 2 rings (SSSR count). The van der Waals surface area contributed by atoms with Crippen LogP contribution in [0.15, 0.2) is 32.3 Å². The molecule has 2 aromatic heterocycles. The van der Waals surface area contributed by atoms with Gasteiger partial charge in [-0.05, 0) is 44.4 Å². The van der Waals surface area contributed by atoms with E-state index in [2.05, 4.69) is 27.0 Å². The van der Waals surface area contributed by atoms with Crippen molar-refractivity contribution in [2.45, 2.75) is 33.4 Å². The zero-order chi connectivity index (χ0) is 16.5. The Kier molecular flexibility index (Phi) is 7.06. The van der Waals surface area contributed by atoms with Gasteiger partial charge in [0.05, 0.1) is 25.0 Å². The number of aryl methyl sites for hydroxylation is 2. The fourth-order valence-electron chi connectivity index (χ4n) is 2.07. The highest BCUT2D eigenvalue weighted by atomic mass is 32.2. The summed E-state index contributed by atoms with van der Waals surface area (Å²) in [6.45, 7) is 5.86. The molecule has 0 bridgehead atoms. The first-order chi connectivity index (χ1) is 11.2. The van der Waals surface area contributed by atoms with Crippen LogP contribution in [-0.2, 0) is 13.1 Å². The average molecular weight is 336 g/mol. The summed E-state index contributed by atoms with van der Waals surface area (Å²) in [4.78, 5) is 4.63. The van der Waals surface area contributed by atoms with Crippen molar-refractivity contribution in [2.24, 2.45) is 4.99 Å². The number of aliphatic imine (C=N–C) groups is 1. The van der Waals surface area contributed by atoms with Gasteiger partial charge in [-0.2, -0.15) is 11.8 Å². The Labute approximate surface area is 141 Å². The number of aromatic nitrogens is 1. The topological polar surface area (TPSA) is 75.6 Å². The second kappa shape index (κ2) is 9.29. The Morgan fingerprint density at radius 1 is 1.35 bits per heavy atom. The maximum atomic E-state index is 5.34. The van der Waals surface area contributed by atoms with Crippen molar-refractivity contribution in [1.82, 2.24) is 15.8 Å². The van der Waals surface area contributed by atoms with E-state index in [0.717, 1.165) is 47.5 Å². The smallest absolute Gasteiger partial charge is 0.191 e. The van der Waals surface area contributed by atoms with Gasteiger partial charge in [-0.1, -0.05) is 5.16 Å². The summed E-state index contributed by atoms with van der Waals surface area (Å²) in [5.41, 5.74) is 1.92. The van der Waals surface area contributed by atoms with Crippen molar-refractivity contribution in [1.29, 1.82) is 0 Å². The van der Waals surface area contributed by atoms with Crippen molar-refractivity contribution in [2.75, 3.05) is 18.6 Å². The molecule has 126 valence electrons. The summed E-state index contributed by atoms with van der Waals surface area (Å²) in [6.07, 6.45) is 4.87. The van der Waals surface area contributed by atoms with Crippen LogP contribution >= 0.6 is 11.8 Å². The van der Waals surface area contributed by atoms with Gasteiger partial charge in [0.1, 0.15) is 11.5 Å². The Balaban J connectivity index is 1.94. The lowest BCUT2D eigenvalue weighted by Crippen LogP contribution is -2.37. The van der Waals surface area contributed by atoms with Crippen LogP contribution in [0.2, 0.25) is 0 Å². The number of rotatable bonds is 8. The number of thioether (sulfide) groups is 1. The van der Waals surface area contributed by atoms with Crippen LogP contribution in [-0.4, -0.2) is 29.7 Å². The zero-order valence-corrected chi connectivity index (χ0v) is 14.7. The van der Waals surface area contributed by atoms with Crippen LogP contribution in [0.25, 0.3) is 0 Å². The third kappa shape index (κ3) is 5.67. The largest absolute Gasteiger partial charge is 0.467 e. The zero-order valence-electron chi connectivity index (χ0n) is 13.9. The van der Waals surface area contributed by atoms with E-state index in [9.17, 15) is 0 Å². The molecule has 0 spiro atoms. The summed E-state index contributed by atoms with van der Waals surface area (Å²) in [5, 5.41) is 10.6. The minimum absolute atomic E-state index is 0.539. The standard InChI is InChI=1S/C16H24N4O2S/c1-12-15(13(2)22-20-12)11-19-16(17-7-5-9-23-3)18-10-14-6-4-8-21-14/h4,6,8H,5,7,9-11H2,1-3H3,(H2,17,18,19). The molecule has 0 aliphatic rings. The lowest BCUT2D eigenvalue weighted by Gasteiger charge is -2.11. The molecule has 6 nitrogen and oxygen atoms in total. The molecule has 0 radical (unpaired) electrons. The molecule has 0 saturated heterocycles. The minimum Gasteiger partial charge on any atom is -0.467 e. The Morgan fingerprint density at radius 2 is 2.22 bits per heavy atom. The van der Waals surface area contributed by atoms with Crippen LogP contribution in [0.4, 0.5) is 0 Å². The quantitative estimate of drug-likeness (QED) is 0.439. The lowest BCUT2D eigenvalue weighted by molar-refractivity contribution is 0.392. The van der Waals surface area contributed by atoms with Gasteiger partial charge in [0, 0.05) is 12.1 Å². The maximum Gasteiger partial charge on any atom is 0.191 e. The van der Waals surface area contributed by atoms with Crippen LogP contribution in [0.1, 0.15) is 29.2 Å². The Hall–Kier alpha value is -1.89. The summed E-state index contributed by atoms with van der Waals surface area (Å²) >= 11 is 1.84. The molecule has 2 aromatic rings. The fourth-order valence-corrected chi connectivity index (χ4v) is 2.50. The highest BCUT2D eigenvalue weighted by Crippen LogP contribution is 2.13. The van der Waals surface area contributed by atoms with Crippen LogP contribution in [0, 0.1) is 13.8 Å². The molecule has 0 aromatic carbocycles. The number of nitrogens with zero attached hydrogens (tertiary/aromatic N) is 2. The first-order valence-corrected chi connectivity index (χ1v) is 9.05. The molecular formula is C16H24N4O2S. The monoisotopic (exact) mass is 336 g/mol. The van der Waals surface area contributed by atoms with Crippen LogP contribution in [0.3, 0.4) is 0 Å². The predicted molar refractivity (Wildman–Crippen MR) is 93.7 cm³/mol. The molecule has 0 atom stereocenters.